The van der Waals surface area contributed by atoms with Crippen LogP contribution in [0.15, 0.2) is 5.16 Å². The Labute approximate surface area is 111 Å². The summed E-state index contributed by atoms with van der Waals surface area (Å²) < 4.78 is 6.68. The molecule has 102 valence electrons. The van der Waals surface area contributed by atoms with Crippen LogP contribution in [0, 0.1) is 6.92 Å². The van der Waals surface area contributed by atoms with Gasteiger partial charge in [-0.05, 0) is 6.92 Å². The third kappa shape index (κ3) is 3.99. The molecule has 1 rings (SSSR count). The summed E-state index contributed by atoms with van der Waals surface area (Å²) in [6, 6.07) is -0.118. The van der Waals surface area contributed by atoms with Crippen molar-refractivity contribution in [1.29, 1.82) is 0 Å². The number of carbonyl (C=O) groups excluding carboxylic acids is 1. The molecule has 0 bridgehead atoms. The standard InChI is InChI=1S/C11H20N4O2S/c1-7(2)12-9(10(16)17-5)6-18-11-14-13-8(3)15(11)4/h7,9,12H,6H2,1-5H3. The van der Waals surface area contributed by atoms with Gasteiger partial charge >= 0.3 is 5.97 Å². The quantitative estimate of drug-likeness (QED) is 0.609. The Balaban J connectivity index is 2.61. The molecule has 0 radical (unpaired) electrons. The summed E-state index contributed by atoms with van der Waals surface area (Å²) in [7, 11) is 3.30. The van der Waals surface area contributed by atoms with E-state index in [9.17, 15) is 4.79 Å². The molecule has 0 saturated heterocycles. The summed E-state index contributed by atoms with van der Waals surface area (Å²) in [6.45, 7) is 5.88. The molecule has 1 heterocycles. The van der Waals surface area contributed by atoms with Gasteiger partial charge in [-0.3, -0.25) is 4.79 Å². The molecule has 1 unspecified atom stereocenters. The number of aromatic nitrogens is 3. The van der Waals surface area contributed by atoms with Crippen molar-refractivity contribution in [2.45, 2.75) is 38.0 Å². The number of carbonyl (C=O) groups is 1. The molecule has 1 atom stereocenters. The monoisotopic (exact) mass is 272 g/mol. The lowest BCUT2D eigenvalue weighted by Crippen LogP contribution is -2.43. The Morgan fingerprint density at radius 3 is 2.61 bits per heavy atom. The largest absolute Gasteiger partial charge is 0.468 e. The van der Waals surface area contributed by atoms with Crippen LogP contribution in [0.5, 0.6) is 0 Å². The second kappa shape index (κ2) is 6.75. The first-order valence-electron chi connectivity index (χ1n) is 5.78. The van der Waals surface area contributed by atoms with Crippen molar-refractivity contribution >= 4 is 17.7 Å². The zero-order valence-corrected chi connectivity index (χ0v) is 12.2. The Kier molecular flexibility index (Phi) is 5.61. The minimum Gasteiger partial charge on any atom is -0.468 e. The molecule has 18 heavy (non-hydrogen) atoms. The minimum atomic E-state index is -0.336. The summed E-state index contributed by atoms with van der Waals surface area (Å²) in [4.78, 5) is 11.6. The van der Waals surface area contributed by atoms with E-state index in [-0.39, 0.29) is 18.1 Å². The highest BCUT2D eigenvalue weighted by Gasteiger charge is 2.21. The van der Waals surface area contributed by atoms with Gasteiger partial charge in [0.05, 0.1) is 7.11 Å². The van der Waals surface area contributed by atoms with Crippen molar-refractivity contribution < 1.29 is 9.53 Å². The zero-order chi connectivity index (χ0) is 13.7. The van der Waals surface area contributed by atoms with Crippen molar-refractivity contribution in [2.24, 2.45) is 7.05 Å². The SMILES string of the molecule is COC(=O)C(CSc1nnc(C)n1C)NC(C)C. The van der Waals surface area contributed by atoms with E-state index in [1.807, 2.05) is 32.4 Å². The number of ether oxygens (including phenoxy) is 1. The van der Waals surface area contributed by atoms with E-state index in [4.69, 9.17) is 4.74 Å². The predicted octanol–water partition coefficient (Wildman–Crippen LogP) is 0.755. The second-order valence-electron chi connectivity index (χ2n) is 4.30. The number of hydrogen-bond donors (Lipinski definition) is 1. The highest BCUT2D eigenvalue weighted by Crippen LogP contribution is 2.16. The lowest BCUT2D eigenvalue weighted by molar-refractivity contribution is -0.142. The third-order valence-corrected chi connectivity index (χ3v) is 3.57. The third-order valence-electron chi connectivity index (χ3n) is 2.45. The Hall–Kier alpha value is -1.08. The topological polar surface area (TPSA) is 69.0 Å². The predicted molar refractivity (Wildman–Crippen MR) is 70.5 cm³/mol. The first-order chi connectivity index (χ1) is 8.45. The molecule has 6 nitrogen and oxygen atoms in total. The van der Waals surface area contributed by atoms with Crippen molar-refractivity contribution in [3.05, 3.63) is 5.82 Å². The van der Waals surface area contributed by atoms with E-state index < -0.39 is 0 Å². The number of rotatable bonds is 6. The van der Waals surface area contributed by atoms with Crippen LogP contribution in [0.3, 0.4) is 0 Å². The van der Waals surface area contributed by atoms with E-state index in [2.05, 4.69) is 15.5 Å². The molecule has 1 N–H and O–H groups in total. The maximum absolute atomic E-state index is 11.6. The molecule has 7 heteroatoms. The molecule has 0 saturated carbocycles. The average Bonchev–Trinajstić information content (AvgIpc) is 2.64. The van der Waals surface area contributed by atoms with Gasteiger partial charge in [0.2, 0.25) is 0 Å². The second-order valence-corrected chi connectivity index (χ2v) is 5.28. The van der Waals surface area contributed by atoms with Crippen LogP contribution in [0.1, 0.15) is 19.7 Å². The molecular weight excluding hydrogens is 252 g/mol. The number of hydrogen-bond acceptors (Lipinski definition) is 6. The van der Waals surface area contributed by atoms with Crippen LogP contribution in [0.2, 0.25) is 0 Å². The highest BCUT2D eigenvalue weighted by atomic mass is 32.2. The van der Waals surface area contributed by atoms with E-state index >= 15 is 0 Å². The van der Waals surface area contributed by atoms with Gasteiger partial charge in [-0.15, -0.1) is 10.2 Å². The number of aryl methyl sites for hydroxylation is 1. The number of thioether (sulfide) groups is 1. The van der Waals surface area contributed by atoms with Gasteiger partial charge in [0.1, 0.15) is 11.9 Å². The molecule has 0 aliphatic carbocycles. The summed E-state index contributed by atoms with van der Waals surface area (Å²) in [5.41, 5.74) is 0. The fourth-order valence-corrected chi connectivity index (χ4v) is 2.37. The van der Waals surface area contributed by atoms with Crippen LogP contribution in [-0.4, -0.2) is 45.7 Å². The van der Waals surface area contributed by atoms with Gasteiger partial charge in [0.15, 0.2) is 5.16 Å². The van der Waals surface area contributed by atoms with Crippen LogP contribution >= 0.6 is 11.8 Å². The lowest BCUT2D eigenvalue weighted by atomic mass is 10.3. The average molecular weight is 272 g/mol. The van der Waals surface area contributed by atoms with Crippen molar-refractivity contribution in [3.63, 3.8) is 0 Å². The summed E-state index contributed by atoms with van der Waals surface area (Å²) in [5, 5.41) is 12.0. The van der Waals surface area contributed by atoms with Crippen LogP contribution in [-0.2, 0) is 16.6 Å². The summed E-state index contributed by atoms with van der Waals surface area (Å²) in [6.07, 6.45) is 0. The molecule has 1 aromatic rings. The van der Waals surface area contributed by atoms with Crippen molar-refractivity contribution in [3.8, 4) is 0 Å². The van der Waals surface area contributed by atoms with Gasteiger partial charge in [0.25, 0.3) is 0 Å². The molecule has 1 aromatic heterocycles. The first kappa shape index (κ1) is 15.0. The number of nitrogens with zero attached hydrogens (tertiary/aromatic N) is 3. The van der Waals surface area contributed by atoms with Gasteiger partial charge in [-0.25, -0.2) is 0 Å². The van der Waals surface area contributed by atoms with Crippen LogP contribution in [0.25, 0.3) is 0 Å². The molecule has 0 aliphatic rings. The molecule has 0 spiro atoms. The first-order valence-corrected chi connectivity index (χ1v) is 6.77. The molecular formula is C11H20N4O2S. The maximum atomic E-state index is 11.6. The normalized spacial score (nSPS) is 12.8. The van der Waals surface area contributed by atoms with Gasteiger partial charge in [0, 0.05) is 18.8 Å². The van der Waals surface area contributed by atoms with E-state index in [0.717, 1.165) is 11.0 Å². The fourth-order valence-electron chi connectivity index (χ4n) is 1.40. The highest BCUT2D eigenvalue weighted by molar-refractivity contribution is 7.99. The zero-order valence-electron chi connectivity index (χ0n) is 11.4. The van der Waals surface area contributed by atoms with Crippen LogP contribution in [0.4, 0.5) is 0 Å². The molecule has 0 amide bonds. The van der Waals surface area contributed by atoms with Gasteiger partial charge < -0.3 is 14.6 Å². The van der Waals surface area contributed by atoms with Gasteiger partial charge in [-0.2, -0.15) is 0 Å². The Morgan fingerprint density at radius 1 is 1.50 bits per heavy atom. The lowest BCUT2D eigenvalue weighted by Gasteiger charge is -2.18. The smallest absolute Gasteiger partial charge is 0.323 e. The number of nitrogens with one attached hydrogen (secondary N) is 1. The van der Waals surface area contributed by atoms with E-state index in [1.54, 1.807) is 0 Å². The van der Waals surface area contributed by atoms with E-state index in [0.29, 0.717) is 5.75 Å². The minimum absolute atomic E-state index is 0.218. The Morgan fingerprint density at radius 2 is 2.17 bits per heavy atom. The number of methoxy groups -OCH3 is 1. The number of esters is 1. The molecule has 0 fully saturated rings. The maximum Gasteiger partial charge on any atom is 0.323 e. The molecule has 0 aliphatic heterocycles. The molecule has 0 aromatic carbocycles. The fraction of sp³-hybridized carbons (Fsp3) is 0.727. The van der Waals surface area contributed by atoms with E-state index in [1.165, 1.54) is 18.9 Å². The summed E-state index contributed by atoms with van der Waals surface area (Å²) >= 11 is 1.49. The summed E-state index contributed by atoms with van der Waals surface area (Å²) in [5.74, 6) is 1.16. The van der Waals surface area contributed by atoms with Crippen LogP contribution < -0.4 is 5.32 Å². The van der Waals surface area contributed by atoms with Gasteiger partial charge in [-0.1, -0.05) is 25.6 Å². The van der Waals surface area contributed by atoms with Crippen molar-refractivity contribution in [1.82, 2.24) is 20.1 Å². The van der Waals surface area contributed by atoms with Crippen molar-refractivity contribution in [2.75, 3.05) is 12.9 Å². The Bertz CT molecular complexity index is 406.